The topological polar surface area (TPSA) is 63.1 Å². The molecular weight excluding hydrogens is 247 g/mol. The second kappa shape index (κ2) is 5.56. The van der Waals surface area contributed by atoms with Gasteiger partial charge in [0, 0.05) is 11.9 Å². The Morgan fingerprint density at radius 1 is 1.32 bits per heavy atom. The summed E-state index contributed by atoms with van der Waals surface area (Å²) in [5.74, 6) is -1.89. The van der Waals surface area contributed by atoms with E-state index in [2.05, 4.69) is 9.97 Å². The number of aliphatic carboxylic acids is 1. The van der Waals surface area contributed by atoms with Crippen molar-refractivity contribution in [2.24, 2.45) is 0 Å². The first-order chi connectivity index (χ1) is 9.06. The monoisotopic (exact) mass is 260 g/mol. The summed E-state index contributed by atoms with van der Waals surface area (Å²) in [6.07, 6.45) is 1.78. The molecule has 5 heteroatoms. The second-order valence-corrected chi connectivity index (χ2v) is 4.28. The maximum atomic E-state index is 12.8. The number of hydrogen-bond donors (Lipinski definition) is 1. The first-order valence-corrected chi connectivity index (χ1v) is 5.83. The van der Waals surface area contributed by atoms with Crippen LogP contribution in [0.5, 0.6) is 0 Å². The van der Waals surface area contributed by atoms with Crippen LogP contribution in [0, 0.1) is 12.7 Å². The molecule has 0 aliphatic carbocycles. The Kier molecular flexibility index (Phi) is 3.85. The standard InChI is InChI=1S/C14H13FN2O2/c1-9-6-7-16-13(17-9)12(14(18)19)8-10-2-4-11(15)5-3-10/h2-7,12H,8H2,1H3,(H,18,19). The normalized spacial score (nSPS) is 12.1. The van der Waals surface area contributed by atoms with Crippen LogP contribution in [0.2, 0.25) is 0 Å². The average Bonchev–Trinajstić information content (AvgIpc) is 2.37. The van der Waals surface area contributed by atoms with Crippen molar-refractivity contribution in [2.75, 3.05) is 0 Å². The summed E-state index contributed by atoms with van der Waals surface area (Å²) in [7, 11) is 0. The summed E-state index contributed by atoms with van der Waals surface area (Å²) in [6, 6.07) is 7.47. The van der Waals surface area contributed by atoms with Crippen molar-refractivity contribution < 1.29 is 14.3 Å². The quantitative estimate of drug-likeness (QED) is 0.916. The number of nitrogens with zero attached hydrogens (tertiary/aromatic N) is 2. The molecule has 0 aliphatic heterocycles. The van der Waals surface area contributed by atoms with Gasteiger partial charge >= 0.3 is 5.97 Å². The van der Waals surface area contributed by atoms with Gasteiger partial charge in [-0.15, -0.1) is 0 Å². The van der Waals surface area contributed by atoms with Gasteiger partial charge in [-0.05, 0) is 37.1 Å². The van der Waals surface area contributed by atoms with Gasteiger partial charge in [0.25, 0.3) is 0 Å². The Bertz CT molecular complexity index is 584. The van der Waals surface area contributed by atoms with Crippen LogP contribution < -0.4 is 0 Å². The molecule has 1 heterocycles. The van der Waals surface area contributed by atoms with Crippen LogP contribution >= 0.6 is 0 Å². The largest absolute Gasteiger partial charge is 0.481 e. The van der Waals surface area contributed by atoms with E-state index >= 15 is 0 Å². The van der Waals surface area contributed by atoms with Crippen LogP contribution in [0.15, 0.2) is 36.5 Å². The molecule has 0 saturated carbocycles. The smallest absolute Gasteiger partial charge is 0.314 e. The minimum absolute atomic E-state index is 0.235. The van der Waals surface area contributed by atoms with E-state index in [1.165, 1.54) is 18.3 Å². The minimum Gasteiger partial charge on any atom is -0.481 e. The Labute approximate surface area is 110 Å². The van der Waals surface area contributed by atoms with Gasteiger partial charge in [-0.1, -0.05) is 12.1 Å². The van der Waals surface area contributed by atoms with Gasteiger partial charge < -0.3 is 5.11 Å². The van der Waals surface area contributed by atoms with Gasteiger partial charge in [0.15, 0.2) is 0 Å². The van der Waals surface area contributed by atoms with Gasteiger partial charge in [-0.25, -0.2) is 14.4 Å². The number of benzene rings is 1. The van der Waals surface area contributed by atoms with Crippen molar-refractivity contribution in [1.82, 2.24) is 9.97 Å². The molecule has 1 N–H and O–H groups in total. The Morgan fingerprint density at radius 3 is 2.58 bits per heavy atom. The lowest BCUT2D eigenvalue weighted by Crippen LogP contribution is -2.17. The van der Waals surface area contributed by atoms with Crippen LogP contribution in [0.25, 0.3) is 0 Å². The molecule has 1 unspecified atom stereocenters. The van der Waals surface area contributed by atoms with Crippen LogP contribution in [0.1, 0.15) is 23.0 Å². The van der Waals surface area contributed by atoms with E-state index in [-0.39, 0.29) is 18.1 Å². The molecule has 4 nitrogen and oxygen atoms in total. The zero-order valence-electron chi connectivity index (χ0n) is 10.4. The number of carbonyl (C=O) groups is 1. The molecule has 1 aromatic carbocycles. The molecule has 0 bridgehead atoms. The fourth-order valence-electron chi connectivity index (χ4n) is 1.78. The Morgan fingerprint density at radius 2 is 2.00 bits per heavy atom. The van der Waals surface area contributed by atoms with E-state index in [0.29, 0.717) is 0 Å². The minimum atomic E-state index is -0.991. The fourth-order valence-corrected chi connectivity index (χ4v) is 1.78. The van der Waals surface area contributed by atoms with Crippen LogP contribution in [0.4, 0.5) is 4.39 Å². The number of aromatic nitrogens is 2. The maximum Gasteiger partial charge on any atom is 0.314 e. The van der Waals surface area contributed by atoms with Crippen molar-refractivity contribution in [3.05, 3.63) is 59.4 Å². The molecule has 0 spiro atoms. The van der Waals surface area contributed by atoms with Gasteiger partial charge in [0.1, 0.15) is 17.6 Å². The van der Waals surface area contributed by atoms with Gasteiger partial charge in [-0.3, -0.25) is 4.79 Å². The van der Waals surface area contributed by atoms with E-state index in [9.17, 15) is 14.3 Å². The Hall–Kier alpha value is -2.30. The van der Waals surface area contributed by atoms with Crippen molar-refractivity contribution in [1.29, 1.82) is 0 Å². The van der Waals surface area contributed by atoms with Crippen LogP contribution in [-0.2, 0) is 11.2 Å². The first kappa shape index (κ1) is 13.1. The number of hydrogen-bond acceptors (Lipinski definition) is 3. The third-order valence-corrected chi connectivity index (χ3v) is 2.78. The van der Waals surface area contributed by atoms with Crippen LogP contribution in [-0.4, -0.2) is 21.0 Å². The Balaban J connectivity index is 2.26. The number of carboxylic acid groups (broad SMARTS) is 1. The summed E-state index contributed by atoms with van der Waals surface area (Å²) in [5, 5.41) is 9.28. The van der Waals surface area contributed by atoms with E-state index in [0.717, 1.165) is 11.3 Å². The lowest BCUT2D eigenvalue weighted by molar-refractivity contribution is -0.139. The molecular formula is C14H13FN2O2. The molecule has 0 aliphatic rings. The zero-order valence-corrected chi connectivity index (χ0v) is 10.4. The molecule has 19 heavy (non-hydrogen) atoms. The van der Waals surface area contributed by atoms with Gasteiger partial charge in [-0.2, -0.15) is 0 Å². The van der Waals surface area contributed by atoms with Gasteiger partial charge in [0.05, 0.1) is 0 Å². The molecule has 1 aromatic heterocycles. The van der Waals surface area contributed by atoms with Crippen molar-refractivity contribution in [3.63, 3.8) is 0 Å². The number of rotatable bonds is 4. The molecule has 0 saturated heterocycles. The molecule has 2 aromatic rings. The summed E-state index contributed by atoms with van der Waals surface area (Å²) >= 11 is 0. The molecule has 0 fully saturated rings. The lowest BCUT2D eigenvalue weighted by atomic mass is 9.98. The second-order valence-electron chi connectivity index (χ2n) is 4.28. The predicted octanol–water partition coefficient (Wildman–Crippen LogP) is 2.34. The summed E-state index contributed by atoms with van der Waals surface area (Å²) in [5.41, 5.74) is 1.45. The third kappa shape index (κ3) is 3.34. The zero-order chi connectivity index (χ0) is 13.8. The predicted molar refractivity (Wildman–Crippen MR) is 67.2 cm³/mol. The lowest BCUT2D eigenvalue weighted by Gasteiger charge is -2.11. The number of aryl methyl sites for hydroxylation is 1. The highest BCUT2D eigenvalue weighted by atomic mass is 19.1. The van der Waals surface area contributed by atoms with E-state index in [4.69, 9.17) is 0 Å². The van der Waals surface area contributed by atoms with Crippen molar-refractivity contribution >= 4 is 5.97 Å². The molecule has 0 amide bonds. The number of carboxylic acids is 1. The maximum absolute atomic E-state index is 12.8. The molecule has 2 rings (SSSR count). The van der Waals surface area contributed by atoms with Crippen LogP contribution in [0.3, 0.4) is 0 Å². The average molecular weight is 260 g/mol. The highest BCUT2D eigenvalue weighted by molar-refractivity contribution is 5.75. The van der Waals surface area contributed by atoms with E-state index < -0.39 is 11.9 Å². The first-order valence-electron chi connectivity index (χ1n) is 5.83. The van der Waals surface area contributed by atoms with Gasteiger partial charge in [0.2, 0.25) is 0 Å². The van der Waals surface area contributed by atoms with E-state index in [1.807, 2.05) is 0 Å². The SMILES string of the molecule is Cc1ccnc(C(Cc2ccc(F)cc2)C(=O)O)n1. The number of halogens is 1. The highest BCUT2D eigenvalue weighted by Gasteiger charge is 2.23. The highest BCUT2D eigenvalue weighted by Crippen LogP contribution is 2.18. The summed E-state index contributed by atoms with van der Waals surface area (Å²) in [4.78, 5) is 19.5. The molecule has 98 valence electrons. The summed E-state index contributed by atoms with van der Waals surface area (Å²) in [6.45, 7) is 1.78. The van der Waals surface area contributed by atoms with Crippen molar-refractivity contribution in [3.8, 4) is 0 Å². The van der Waals surface area contributed by atoms with E-state index in [1.54, 1.807) is 25.1 Å². The third-order valence-electron chi connectivity index (χ3n) is 2.78. The molecule has 1 atom stereocenters. The molecule has 0 radical (unpaired) electrons. The summed E-state index contributed by atoms with van der Waals surface area (Å²) < 4.78 is 12.8. The fraction of sp³-hybridized carbons (Fsp3) is 0.214. The van der Waals surface area contributed by atoms with Crippen molar-refractivity contribution in [2.45, 2.75) is 19.3 Å².